The fraction of sp³-hybridized carbons (Fsp3) is 0.238. The molecule has 4 heterocycles. The summed E-state index contributed by atoms with van der Waals surface area (Å²) in [5.41, 5.74) is 7.38. The molecule has 0 saturated carbocycles. The van der Waals surface area contributed by atoms with Crippen molar-refractivity contribution in [1.82, 2.24) is 14.7 Å². The maximum absolute atomic E-state index is 13.1. The minimum absolute atomic E-state index is 0.0478. The molecule has 1 atom stereocenters. The van der Waals surface area contributed by atoms with Crippen molar-refractivity contribution in [3.63, 3.8) is 0 Å². The Labute approximate surface area is 166 Å². The molecule has 4 rings (SSSR count). The van der Waals surface area contributed by atoms with E-state index in [1.165, 1.54) is 10.5 Å². The fourth-order valence-corrected chi connectivity index (χ4v) is 3.35. The van der Waals surface area contributed by atoms with E-state index >= 15 is 0 Å². The number of carbonyl (C=O) groups is 1. The lowest BCUT2D eigenvalue weighted by atomic mass is 10.1. The molecule has 0 aliphatic heterocycles. The average Bonchev–Trinajstić information content (AvgIpc) is 3.25. The van der Waals surface area contributed by atoms with Crippen molar-refractivity contribution in [1.29, 1.82) is 0 Å². The molecular formula is C21H22N5O3+. The normalized spacial score (nSPS) is 12.3. The average molecular weight is 392 g/mol. The van der Waals surface area contributed by atoms with Crippen molar-refractivity contribution < 1.29 is 13.8 Å². The Morgan fingerprint density at radius 1 is 1.34 bits per heavy atom. The van der Waals surface area contributed by atoms with Crippen LogP contribution in [0.15, 0.2) is 58.1 Å². The summed E-state index contributed by atoms with van der Waals surface area (Å²) < 4.78 is 8.48. The van der Waals surface area contributed by atoms with Crippen LogP contribution in [0.1, 0.15) is 42.4 Å². The Kier molecular flexibility index (Phi) is 4.75. The number of carbonyl (C=O) groups excluding carboxylic acids is 1. The topological polar surface area (TPSA) is 107 Å². The number of nitrogens with one attached hydrogen (secondary N) is 1. The summed E-state index contributed by atoms with van der Waals surface area (Å²) in [6.07, 6.45) is 3.96. The van der Waals surface area contributed by atoms with Crippen molar-refractivity contribution in [3.05, 3.63) is 70.5 Å². The lowest BCUT2D eigenvalue weighted by molar-refractivity contribution is -0.683. The summed E-state index contributed by atoms with van der Waals surface area (Å²) in [7, 11) is 0. The first kappa shape index (κ1) is 18.7. The second-order valence-corrected chi connectivity index (χ2v) is 6.92. The van der Waals surface area contributed by atoms with Gasteiger partial charge in [0.15, 0.2) is 0 Å². The molecule has 148 valence electrons. The van der Waals surface area contributed by atoms with Gasteiger partial charge in [0.2, 0.25) is 11.5 Å². The zero-order chi connectivity index (χ0) is 20.5. The first-order valence-electron chi connectivity index (χ1n) is 9.47. The number of anilines is 1. The molecule has 0 fully saturated rings. The van der Waals surface area contributed by atoms with Crippen LogP contribution in [0.2, 0.25) is 0 Å². The Morgan fingerprint density at radius 2 is 2.17 bits per heavy atom. The summed E-state index contributed by atoms with van der Waals surface area (Å²) in [4.78, 5) is 30.6. The number of pyridine rings is 2. The molecule has 0 saturated heterocycles. The Morgan fingerprint density at radius 3 is 2.90 bits per heavy atom. The third-order valence-electron chi connectivity index (χ3n) is 5.08. The fourth-order valence-electron chi connectivity index (χ4n) is 3.35. The van der Waals surface area contributed by atoms with Crippen molar-refractivity contribution in [2.24, 2.45) is 0 Å². The van der Waals surface area contributed by atoms with Crippen LogP contribution in [0.3, 0.4) is 0 Å². The first-order valence-corrected chi connectivity index (χ1v) is 9.47. The molecule has 0 spiro atoms. The number of amides is 1. The number of rotatable bonds is 5. The van der Waals surface area contributed by atoms with Gasteiger partial charge >= 0.3 is 0 Å². The van der Waals surface area contributed by atoms with E-state index in [0.29, 0.717) is 22.4 Å². The molecule has 0 aromatic carbocycles. The van der Waals surface area contributed by atoms with Crippen LogP contribution < -0.4 is 21.2 Å². The summed E-state index contributed by atoms with van der Waals surface area (Å²) in [6, 6.07) is 10.3. The number of nitrogen functional groups attached to an aromatic ring is 1. The van der Waals surface area contributed by atoms with Crippen LogP contribution in [0.5, 0.6) is 0 Å². The van der Waals surface area contributed by atoms with Gasteiger partial charge in [-0.05, 0) is 43.7 Å². The molecule has 0 aliphatic rings. The zero-order valence-corrected chi connectivity index (χ0v) is 16.3. The quantitative estimate of drug-likeness (QED) is 0.400. The summed E-state index contributed by atoms with van der Waals surface area (Å²) >= 11 is 0. The van der Waals surface area contributed by atoms with Crippen LogP contribution in [0.25, 0.3) is 16.7 Å². The SMILES string of the molecule is CC[C@H](C)[n+]1c(N)c(C(=O)NCc2ccco2)cc2c(=O)n3ccccc3nc21. The number of nitrogens with zero attached hydrogens (tertiary/aromatic N) is 3. The van der Waals surface area contributed by atoms with Crippen LogP contribution in [0, 0.1) is 0 Å². The third-order valence-corrected chi connectivity index (χ3v) is 5.08. The minimum atomic E-state index is -0.379. The number of furan rings is 1. The first-order chi connectivity index (χ1) is 14.0. The predicted molar refractivity (Wildman–Crippen MR) is 108 cm³/mol. The van der Waals surface area contributed by atoms with E-state index in [1.54, 1.807) is 41.3 Å². The largest absolute Gasteiger partial charge is 0.467 e. The van der Waals surface area contributed by atoms with Crippen LogP contribution >= 0.6 is 0 Å². The maximum atomic E-state index is 13.1. The molecular weight excluding hydrogens is 370 g/mol. The van der Waals surface area contributed by atoms with Crippen LogP contribution in [-0.2, 0) is 6.54 Å². The molecule has 1 amide bonds. The monoisotopic (exact) mass is 392 g/mol. The Balaban J connectivity index is 1.92. The molecule has 4 aromatic rings. The Bertz CT molecular complexity index is 1260. The van der Waals surface area contributed by atoms with E-state index in [1.807, 2.05) is 19.9 Å². The van der Waals surface area contributed by atoms with Gasteiger partial charge in [-0.25, -0.2) is 4.57 Å². The van der Waals surface area contributed by atoms with Gasteiger partial charge in [-0.2, -0.15) is 0 Å². The molecule has 8 heteroatoms. The molecule has 0 radical (unpaired) electrons. The number of nitrogens with two attached hydrogens (primary N) is 1. The highest BCUT2D eigenvalue weighted by Crippen LogP contribution is 2.18. The smallest absolute Gasteiger partial charge is 0.278 e. The van der Waals surface area contributed by atoms with E-state index in [2.05, 4.69) is 10.3 Å². The van der Waals surface area contributed by atoms with E-state index in [4.69, 9.17) is 10.2 Å². The van der Waals surface area contributed by atoms with Gasteiger partial charge in [0, 0.05) is 6.20 Å². The number of hydrogen-bond acceptors (Lipinski definition) is 5. The molecule has 3 N–H and O–H groups in total. The van der Waals surface area contributed by atoms with Crippen molar-refractivity contribution in [2.75, 3.05) is 5.73 Å². The summed E-state index contributed by atoms with van der Waals surface area (Å²) in [5, 5.41) is 3.13. The third kappa shape index (κ3) is 3.22. The van der Waals surface area contributed by atoms with E-state index < -0.39 is 0 Å². The van der Waals surface area contributed by atoms with Gasteiger partial charge in [0.1, 0.15) is 16.7 Å². The van der Waals surface area contributed by atoms with Gasteiger partial charge in [0.25, 0.3) is 17.1 Å². The van der Waals surface area contributed by atoms with Crippen molar-refractivity contribution in [2.45, 2.75) is 32.9 Å². The highest BCUT2D eigenvalue weighted by molar-refractivity contribution is 6.00. The second kappa shape index (κ2) is 7.38. The van der Waals surface area contributed by atoms with Gasteiger partial charge < -0.3 is 15.5 Å². The zero-order valence-electron chi connectivity index (χ0n) is 16.3. The molecule has 0 aliphatic carbocycles. The van der Waals surface area contributed by atoms with E-state index in [0.717, 1.165) is 6.42 Å². The molecule has 4 aromatic heterocycles. The number of hydrogen-bond donors (Lipinski definition) is 2. The van der Waals surface area contributed by atoms with Crippen molar-refractivity contribution in [3.8, 4) is 0 Å². The lowest BCUT2D eigenvalue weighted by Gasteiger charge is -2.16. The molecule has 0 unspecified atom stereocenters. The maximum Gasteiger partial charge on any atom is 0.278 e. The van der Waals surface area contributed by atoms with Gasteiger partial charge in [0.05, 0.1) is 18.8 Å². The van der Waals surface area contributed by atoms with Crippen LogP contribution in [-0.4, -0.2) is 15.3 Å². The standard InChI is InChI=1S/C21H21N5O3/c1-3-13(2)26-18(22)15(20(27)23-12-14-7-6-10-29-14)11-16-19(26)24-17-8-4-5-9-25(17)21(16)28/h4-11,13,22H,3,12H2,1-2H3,(H,23,27)/p+1/t13-/m0/s1. The number of aromatic nitrogens is 3. The van der Waals surface area contributed by atoms with Gasteiger partial charge in [-0.1, -0.05) is 18.0 Å². The highest BCUT2D eigenvalue weighted by Gasteiger charge is 2.26. The molecule has 0 bridgehead atoms. The summed E-state index contributed by atoms with van der Waals surface area (Å²) in [6.45, 7) is 4.22. The minimum Gasteiger partial charge on any atom is -0.467 e. The van der Waals surface area contributed by atoms with E-state index in [-0.39, 0.29) is 35.4 Å². The lowest BCUT2D eigenvalue weighted by Crippen LogP contribution is -2.45. The molecule has 29 heavy (non-hydrogen) atoms. The Hall–Kier alpha value is -3.68. The van der Waals surface area contributed by atoms with E-state index in [9.17, 15) is 9.59 Å². The van der Waals surface area contributed by atoms with Gasteiger partial charge in [-0.15, -0.1) is 0 Å². The van der Waals surface area contributed by atoms with Gasteiger partial charge in [-0.3, -0.25) is 14.0 Å². The van der Waals surface area contributed by atoms with Crippen LogP contribution in [0.4, 0.5) is 5.82 Å². The number of fused-ring (bicyclic) bond motifs is 2. The van der Waals surface area contributed by atoms with Crippen molar-refractivity contribution >= 4 is 28.4 Å². The molecule has 8 nitrogen and oxygen atoms in total. The highest BCUT2D eigenvalue weighted by atomic mass is 16.3. The predicted octanol–water partition coefficient (Wildman–Crippen LogP) is 2.21. The summed E-state index contributed by atoms with van der Waals surface area (Å²) in [5.74, 6) is 0.520. The second-order valence-electron chi connectivity index (χ2n) is 6.92.